The van der Waals surface area contributed by atoms with Crippen molar-refractivity contribution in [3.8, 4) is 11.5 Å². The van der Waals surface area contributed by atoms with E-state index in [-0.39, 0.29) is 37.2 Å². The maximum absolute atomic E-state index is 13.2. The van der Waals surface area contributed by atoms with E-state index in [9.17, 15) is 34.2 Å². The fraction of sp³-hybridized carbons (Fsp3) is 0.452. The fourth-order valence-corrected chi connectivity index (χ4v) is 4.15. The third-order valence-corrected chi connectivity index (χ3v) is 6.46. The predicted molar refractivity (Wildman–Crippen MR) is 155 cm³/mol. The summed E-state index contributed by atoms with van der Waals surface area (Å²) in [7, 11) is 0. The Morgan fingerprint density at radius 3 is 1.76 bits per heavy atom. The van der Waals surface area contributed by atoms with Crippen LogP contribution in [0, 0.1) is 11.8 Å². The van der Waals surface area contributed by atoms with Crippen molar-refractivity contribution in [2.75, 3.05) is 0 Å². The lowest BCUT2D eigenvalue weighted by molar-refractivity contribution is -0.157. The number of phenols is 2. The first-order valence-corrected chi connectivity index (χ1v) is 13.7. The summed E-state index contributed by atoms with van der Waals surface area (Å²) in [6.07, 6.45) is -0.166. The van der Waals surface area contributed by atoms with Crippen molar-refractivity contribution in [3.63, 3.8) is 0 Å². The van der Waals surface area contributed by atoms with Crippen LogP contribution in [0.2, 0.25) is 0 Å². The quantitative estimate of drug-likeness (QED) is 0.210. The van der Waals surface area contributed by atoms with Gasteiger partial charge in [0, 0.05) is 18.8 Å². The van der Waals surface area contributed by atoms with Gasteiger partial charge >= 0.3 is 5.97 Å². The predicted octanol–water partition coefficient (Wildman–Crippen LogP) is 2.30. The number of carbonyl (C=O) groups excluding carboxylic acids is 5. The van der Waals surface area contributed by atoms with E-state index in [1.54, 1.807) is 45.0 Å². The number of hydrogen-bond acceptors (Lipinski definition) is 8. The molecule has 0 fully saturated rings. The minimum absolute atomic E-state index is 0.0586. The molecule has 2 aromatic rings. The number of ketones is 1. The molecule has 0 heterocycles. The minimum Gasteiger partial charge on any atom is -0.508 e. The molecule has 42 heavy (non-hydrogen) atoms. The van der Waals surface area contributed by atoms with Crippen molar-refractivity contribution >= 4 is 29.5 Å². The van der Waals surface area contributed by atoms with Gasteiger partial charge in [-0.1, -0.05) is 31.2 Å². The Kier molecular flexibility index (Phi) is 12.1. The molecule has 11 heteroatoms. The highest BCUT2D eigenvalue weighted by Gasteiger charge is 2.30. The molecule has 0 bridgehead atoms. The van der Waals surface area contributed by atoms with Gasteiger partial charge in [-0.2, -0.15) is 0 Å². The highest BCUT2D eigenvalue weighted by molar-refractivity contribution is 5.94. The van der Waals surface area contributed by atoms with Gasteiger partial charge in [0.1, 0.15) is 23.1 Å². The van der Waals surface area contributed by atoms with E-state index in [2.05, 4.69) is 10.6 Å². The average molecular weight is 584 g/mol. The number of rotatable bonds is 14. The zero-order valence-electron chi connectivity index (χ0n) is 24.7. The first kappa shape index (κ1) is 33.8. The lowest BCUT2D eigenvalue weighted by Crippen LogP contribution is -2.48. The summed E-state index contributed by atoms with van der Waals surface area (Å²) < 4.78 is 5.38. The van der Waals surface area contributed by atoms with Gasteiger partial charge in [0.15, 0.2) is 5.78 Å². The first-order chi connectivity index (χ1) is 19.5. The molecule has 0 aliphatic heterocycles. The number of phenolic OH excluding ortho intramolecular Hbond substituents is 2. The van der Waals surface area contributed by atoms with Gasteiger partial charge in [0.25, 0.3) is 0 Å². The second-order valence-corrected chi connectivity index (χ2v) is 11.5. The minimum atomic E-state index is -1.02. The Bertz CT molecular complexity index is 1250. The molecule has 4 atom stereocenters. The largest absolute Gasteiger partial charge is 0.508 e. The van der Waals surface area contributed by atoms with Crippen LogP contribution in [-0.2, 0) is 41.6 Å². The van der Waals surface area contributed by atoms with E-state index in [0.29, 0.717) is 11.1 Å². The van der Waals surface area contributed by atoms with Crippen LogP contribution in [0.5, 0.6) is 11.5 Å². The van der Waals surface area contributed by atoms with Gasteiger partial charge < -0.3 is 31.3 Å². The molecule has 0 saturated heterocycles. The maximum Gasteiger partial charge on any atom is 0.307 e. The van der Waals surface area contributed by atoms with E-state index >= 15 is 0 Å². The third kappa shape index (κ3) is 11.6. The molecule has 0 unspecified atom stereocenters. The van der Waals surface area contributed by atoms with Gasteiger partial charge in [-0.05, 0) is 69.5 Å². The molecule has 2 rings (SSSR count). The third-order valence-electron chi connectivity index (χ3n) is 6.46. The molecule has 0 aliphatic rings. The number of hydrogen-bond donors (Lipinski definition) is 5. The number of Topliss-reactive ketones (excluding diaryl/α,β-unsaturated/α-hetero) is 1. The van der Waals surface area contributed by atoms with Crippen LogP contribution in [0.4, 0.5) is 0 Å². The van der Waals surface area contributed by atoms with Crippen LogP contribution < -0.4 is 16.4 Å². The molecule has 0 radical (unpaired) electrons. The molecule has 0 saturated carbocycles. The molecular weight excluding hydrogens is 542 g/mol. The highest BCUT2D eigenvalue weighted by Crippen LogP contribution is 2.19. The first-order valence-electron chi connectivity index (χ1n) is 13.7. The van der Waals surface area contributed by atoms with E-state index < -0.39 is 59.0 Å². The Morgan fingerprint density at radius 1 is 0.786 bits per heavy atom. The summed E-state index contributed by atoms with van der Waals surface area (Å²) in [4.78, 5) is 63.4. The lowest BCUT2D eigenvalue weighted by atomic mass is 9.94. The number of amides is 3. The summed E-state index contributed by atoms with van der Waals surface area (Å²) in [5.41, 5.74) is 6.10. The number of primary amides is 1. The van der Waals surface area contributed by atoms with Crippen LogP contribution in [0.3, 0.4) is 0 Å². The molecule has 6 N–H and O–H groups in total. The van der Waals surface area contributed by atoms with Crippen molar-refractivity contribution in [2.45, 2.75) is 78.0 Å². The summed E-state index contributed by atoms with van der Waals surface area (Å²) in [6, 6.07) is 10.4. The summed E-state index contributed by atoms with van der Waals surface area (Å²) in [5.74, 6) is -4.38. The van der Waals surface area contributed by atoms with Crippen molar-refractivity contribution in [2.24, 2.45) is 17.6 Å². The van der Waals surface area contributed by atoms with Gasteiger partial charge in [-0.25, -0.2) is 0 Å². The normalized spacial score (nSPS) is 14.1. The molecule has 3 amide bonds. The lowest BCUT2D eigenvalue weighted by Gasteiger charge is -2.23. The van der Waals surface area contributed by atoms with Gasteiger partial charge in [-0.3, -0.25) is 24.0 Å². The second-order valence-electron chi connectivity index (χ2n) is 11.5. The molecule has 228 valence electrons. The smallest absolute Gasteiger partial charge is 0.307 e. The number of esters is 1. The van der Waals surface area contributed by atoms with Crippen LogP contribution in [0.25, 0.3) is 0 Å². The standard InChI is InChI=1S/C31H41N3O8/c1-18(29(40)34-25(28(32)39)16-21-8-12-24(36)13-9-21)14-26(37)19(2)33-30(41)22(17-27(38)42-31(3,4)5)15-20-6-10-23(35)11-7-20/h6-13,18-19,22,25,35-36H,14-17H2,1-5H3,(H2,32,39)(H,33,41)(H,34,40)/t18-,19+,22-,25+/m1/s1. The average Bonchev–Trinajstić information content (AvgIpc) is 2.88. The van der Waals surface area contributed by atoms with Crippen LogP contribution in [-0.4, -0.2) is 57.4 Å². The molecule has 11 nitrogen and oxygen atoms in total. The van der Waals surface area contributed by atoms with Crippen LogP contribution in [0.1, 0.15) is 58.6 Å². The summed E-state index contributed by atoms with van der Waals surface area (Å²) in [5, 5.41) is 24.2. The second kappa shape index (κ2) is 15.0. The Labute approximate surface area is 245 Å². The van der Waals surface area contributed by atoms with E-state index in [1.807, 2.05) is 0 Å². The molecule has 0 aromatic heterocycles. The van der Waals surface area contributed by atoms with Gasteiger partial charge in [0.05, 0.1) is 18.4 Å². The van der Waals surface area contributed by atoms with Crippen LogP contribution in [0.15, 0.2) is 48.5 Å². The maximum atomic E-state index is 13.2. The molecule has 0 aliphatic carbocycles. The van der Waals surface area contributed by atoms with Crippen molar-refractivity contribution < 1.29 is 38.9 Å². The number of nitrogens with two attached hydrogens (primary N) is 1. The van der Waals surface area contributed by atoms with E-state index in [0.717, 1.165) is 0 Å². The number of carbonyl (C=O) groups is 5. The number of benzene rings is 2. The van der Waals surface area contributed by atoms with E-state index in [4.69, 9.17) is 10.5 Å². The Balaban J connectivity index is 2.01. The zero-order valence-corrected chi connectivity index (χ0v) is 24.7. The molecular formula is C31H41N3O8. The Hall–Kier alpha value is -4.41. The van der Waals surface area contributed by atoms with Crippen molar-refractivity contribution in [3.05, 3.63) is 59.7 Å². The zero-order chi connectivity index (χ0) is 31.6. The monoisotopic (exact) mass is 583 g/mol. The number of nitrogens with one attached hydrogen (secondary N) is 2. The van der Waals surface area contributed by atoms with E-state index in [1.165, 1.54) is 38.1 Å². The summed E-state index contributed by atoms with van der Waals surface area (Å²) >= 11 is 0. The summed E-state index contributed by atoms with van der Waals surface area (Å²) in [6.45, 7) is 8.18. The van der Waals surface area contributed by atoms with Gasteiger partial charge in [0.2, 0.25) is 17.7 Å². The SMILES string of the molecule is C[C@H](CC(=O)[C@H](C)NC(=O)[C@@H](CC(=O)OC(C)(C)C)Cc1ccc(O)cc1)C(=O)N[C@@H](Cc1ccc(O)cc1)C(N)=O. The molecule has 0 spiro atoms. The number of ether oxygens (including phenoxy) is 1. The highest BCUT2D eigenvalue weighted by atomic mass is 16.6. The topological polar surface area (TPSA) is 185 Å². The van der Waals surface area contributed by atoms with Gasteiger partial charge in [-0.15, -0.1) is 0 Å². The fourth-order valence-electron chi connectivity index (χ4n) is 4.15. The van der Waals surface area contributed by atoms with Crippen molar-refractivity contribution in [1.82, 2.24) is 10.6 Å². The number of aromatic hydroxyl groups is 2. The molecule has 2 aromatic carbocycles. The Morgan fingerprint density at radius 2 is 1.29 bits per heavy atom. The van der Waals surface area contributed by atoms with Crippen LogP contribution >= 0.6 is 0 Å². The van der Waals surface area contributed by atoms with Crippen molar-refractivity contribution in [1.29, 1.82) is 0 Å².